The summed E-state index contributed by atoms with van der Waals surface area (Å²) in [4.78, 5) is 17.7. The maximum atomic E-state index is 12.8. The molecule has 1 aromatic rings. The lowest BCUT2D eigenvalue weighted by Gasteiger charge is -2.49. The van der Waals surface area contributed by atoms with Crippen molar-refractivity contribution in [2.75, 3.05) is 25.4 Å². The van der Waals surface area contributed by atoms with E-state index in [0.717, 1.165) is 83.1 Å². The van der Waals surface area contributed by atoms with Gasteiger partial charge in [0.05, 0.1) is 24.2 Å². The van der Waals surface area contributed by atoms with E-state index >= 15 is 0 Å². The molecule has 10 atom stereocenters. The van der Waals surface area contributed by atoms with Crippen molar-refractivity contribution in [3.8, 4) is 23.3 Å². The first-order chi connectivity index (χ1) is 28.3. The van der Waals surface area contributed by atoms with E-state index in [1.807, 2.05) is 21.6 Å². The summed E-state index contributed by atoms with van der Waals surface area (Å²) >= 11 is 0. The Morgan fingerprint density at radius 2 is 1.88 bits per heavy atom. The summed E-state index contributed by atoms with van der Waals surface area (Å²) < 4.78 is 12.8. The first-order valence-electron chi connectivity index (χ1n) is 22.1. The summed E-state index contributed by atoms with van der Waals surface area (Å²) in [7, 11) is 3.89. The molecular weight excluding hydrogens is 791 g/mol. The maximum absolute atomic E-state index is 12.8. The van der Waals surface area contributed by atoms with E-state index in [2.05, 4.69) is 27.8 Å². The molecule has 13 nitrogen and oxygen atoms in total. The first kappa shape index (κ1) is 44.6. The highest BCUT2D eigenvalue weighted by Gasteiger charge is 2.46. The number of rotatable bonds is 3. The minimum Gasteiger partial charge on any atom is -0.504 e. The normalized spacial score (nSPS) is 36.1. The molecule has 10 N–H and O–H groups in total. The number of nitrogens with one attached hydrogen (secondary N) is 3. The molecule has 8 rings (SSSR count). The topological polar surface area (TPSA) is 211 Å². The molecule has 2 spiro atoms. The highest BCUT2D eigenvalue weighted by molar-refractivity contribution is 8.77. The molecule has 2 saturated heterocycles. The maximum Gasteiger partial charge on any atom is 0.302 e. The van der Waals surface area contributed by atoms with Crippen LogP contribution in [0, 0.1) is 29.1 Å². The number of hydrogen-bond donors (Lipinski definition) is 9. The molecule has 0 amide bonds. The van der Waals surface area contributed by atoms with Gasteiger partial charge in [-0.15, -0.1) is 0 Å². The van der Waals surface area contributed by atoms with Crippen molar-refractivity contribution in [2.45, 2.75) is 170 Å². The smallest absolute Gasteiger partial charge is 0.302 e. The molecule has 3 fully saturated rings. The number of hydrogen-bond acceptors (Lipinski definition) is 15. The summed E-state index contributed by atoms with van der Waals surface area (Å²) in [5, 5.41) is 68.0. The van der Waals surface area contributed by atoms with Crippen molar-refractivity contribution >= 4 is 33.5 Å². The molecule has 0 unspecified atom stereocenters. The van der Waals surface area contributed by atoms with Gasteiger partial charge in [-0.3, -0.25) is 9.79 Å². The predicted octanol–water partition coefficient (Wildman–Crippen LogP) is 4.17. The van der Waals surface area contributed by atoms with E-state index in [0.29, 0.717) is 29.6 Å². The fraction of sp³-hybridized carbons (Fsp3) is 0.773. The first-order valence-corrected chi connectivity index (χ1v) is 24.5. The van der Waals surface area contributed by atoms with Crippen molar-refractivity contribution in [2.24, 2.45) is 28.0 Å². The zero-order valence-corrected chi connectivity index (χ0v) is 36.4. The van der Waals surface area contributed by atoms with Crippen molar-refractivity contribution in [1.29, 1.82) is 0 Å². The average molecular weight is 858 g/mol. The minimum absolute atomic E-state index is 0.121. The van der Waals surface area contributed by atoms with Gasteiger partial charge in [0.15, 0.2) is 23.7 Å². The van der Waals surface area contributed by atoms with Gasteiger partial charge in [-0.2, -0.15) is 0 Å². The Labute approximate surface area is 357 Å². The van der Waals surface area contributed by atoms with E-state index < -0.39 is 47.8 Å². The van der Waals surface area contributed by atoms with Gasteiger partial charge >= 0.3 is 5.97 Å². The summed E-state index contributed by atoms with van der Waals surface area (Å²) in [5.74, 6) is 7.12. The van der Waals surface area contributed by atoms with Gasteiger partial charge < -0.3 is 56.7 Å². The Kier molecular flexibility index (Phi) is 14.6. The number of fused-ring (bicyclic) bond motifs is 9. The van der Waals surface area contributed by atoms with Crippen LogP contribution in [-0.2, 0) is 16.0 Å². The lowest BCUT2D eigenvalue weighted by Crippen LogP contribution is -2.66. The van der Waals surface area contributed by atoms with Gasteiger partial charge in [0.2, 0.25) is 0 Å². The van der Waals surface area contributed by atoms with E-state index in [1.165, 1.54) is 19.4 Å². The molecular formula is C44H67N5O8S2. The van der Waals surface area contributed by atoms with Crippen molar-refractivity contribution in [3.63, 3.8) is 0 Å². The zero-order valence-electron chi connectivity index (χ0n) is 34.8. The lowest BCUT2D eigenvalue weighted by atomic mass is 9.71. The zero-order chi connectivity index (χ0) is 41.8. The van der Waals surface area contributed by atoms with Crippen LogP contribution in [0.1, 0.15) is 128 Å². The third-order valence-electron chi connectivity index (χ3n) is 14.3. The molecule has 59 heavy (non-hydrogen) atoms. The highest BCUT2D eigenvalue weighted by atomic mass is 33.1. The molecule has 15 heteroatoms. The Morgan fingerprint density at radius 1 is 1.07 bits per heavy atom. The summed E-state index contributed by atoms with van der Waals surface area (Å²) in [6.45, 7) is 4.86. The third-order valence-corrected chi connectivity index (χ3v) is 17.3. The van der Waals surface area contributed by atoms with E-state index in [9.17, 15) is 30.3 Å². The second-order valence-electron chi connectivity index (χ2n) is 18.4. The number of ether oxygens (including phenoxy) is 2. The van der Waals surface area contributed by atoms with Gasteiger partial charge in [-0.25, -0.2) is 0 Å². The number of benzene rings is 1. The predicted molar refractivity (Wildman–Crippen MR) is 232 cm³/mol. The van der Waals surface area contributed by atoms with Crippen LogP contribution < -0.4 is 26.4 Å². The van der Waals surface area contributed by atoms with Crippen LogP contribution >= 0.6 is 21.6 Å². The van der Waals surface area contributed by atoms with Gasteiger partial charge in [0.25, 0.3) is 0 Å². The monoisotopic (exact) mass is 857 g/mol. The number of aliphatic hydroxyl groups excluding tert-OH is 3. The molecule has 1 aromatic carbocycles. The number of esters is 1. The largest absolute Gasteiger partial charge is 0.504 e. The molecule has 5 aliphatic heterocycles. The van der Waals surface area contributed by atoms with E-state index in [4.69, 9.17) is 20.2 Å². The molecule has 0 aromatic heterocycles. The van der Waals surface area contributed by atoms with Crippen LogP contribution in [0.5, 0.6) is 11.5 Å². The number of carbonyl (C=O) groups excluding carboxylic acids is 1. The number of nitrogens with two attached hydrogens (primary N) is 1. The summed E-state index contributed by atoms with van der Waals surface area (Å²) in [6, 6.07) is 3.24. The SMILES string of the molecule is CC(=O)O[C@H]1C[C@@H](O)CC[C@]2([C@H](C)O)C#C[C@H]3CCC[C@@]4(C[C@@H](CCN4)Oc4cc(c(C(O)O)cc4O)C[C@H]13)[C@H]1CC[C@@H](CN1)SSCC1(CCCCC1)NC(N)=NC2. The highest BCUT2D eigenvalue weighted by Crippen LogP contribution is 2.44. The summed E-state index contributed by atoms with van der Waals surface area (Å²) in [6.07, 6.45) is 7.50. The number of carbonyl (C=O) groups is 1. The molecule has 328 valence electrons. The van der Waals surface area contributed by atoms with Crippen LogP contribution in [0.15, 0.2) is 17.1 Å². The lowest BCUT2D eigenvalue weighted by molar-refractivity contribution is -0.152. The Bertz CT molecular complexity index is 1710. The van der Waals surface area contributed by atoms with Crippen LogP contribution in [0.3, 0.4) is 0 Å². The third kappa shape index (κ3) is 10.6. The van der Waals surface area contributed by atoms with Gasteiger partial charge in [-0.05, 0) is 95.4 Å². The van der Waals surface area contributed by atoms with E-state index in [-0.39, 0.29) is 66.1 Å². The molecule has 1 saturated carbocycles. The van der Waals surface area contributed by atoms with Crippen molar-refractivity contribution in [1.82, 2.24) is 16.0 Å². The molecule has 5 heterocycles. The average Bonchev–Trinajstić information content (AvgIpc) is 3.20. The number of phenols is 1. The quantitative estimate of drug-likeness (QED) is 0.0905. The fourth-order valence-corrected chi connectivity index (χ4v) is 14.0. The minimum atomic E-state index is -1.89. The molecule has 0 radical (unpaired) electrons. The Morgan fingerprint density at radius 3 is 2.61 bits per heavy atom. The van der Waals surface area contributed by atoms with Gasteiger partial charge in [-0.1, -0.05) is 59.1 Å². The molecule has 8 bridgehead atoms. The van der Waals surface area contributed by atoms with Crippen LogP contribution in [0.4, 0.5) is 0 Å². The number of aliphatic hydroxyl groups is 4. The van der Waals surface area contributed by atoms with Crippen molar-refractivity contribution < 1.29 is 39.8 Å². The van der Waals surface area contributed by atoms with Crippen LogP contribution in [0.25, 0.3) is 0 Å². The number of phenolic OH excluding ortho intramolecular Hbond substituents is 1. The Hall–Kier alpha value is -2.42. The molecule has 7 aliphatic rings. The van der Waals surface area contributed by atoms with Gasteiger partial charge in [0.1, 0.15) is 12.2 Å². The number of nitrogens with zero attached hydrogens (tertiary/aromatic N) is 1. The Balaban J connectivity index is 1.38. The second kappa shape index (κ2) is 19.3. The van der Waals surface area contributed by atoms with E-state index in [1.54, 1.807) is 13.0 Å². The van der Waals surface area contributed by atoms with Gasteiger partial charge in [0, 0.05) is 71.8 Å². The van der Waals surface area contributed by atoms with Crippen LogP contribution in [-0.4, -0.2) is 110 Å². The standard InChI is InChI=1S/C44H67N5O8S2/c1-27(50)42-16-10-29-7-6-15-44(39-9-8-33(24-46-39)59-58-26-43(13-4-3-5-14-43)49-41(45)47-25-42)23-32(12-18-48-44)57-38-20-30(35(40(54)55)22-36(38)53)19-34(29)37(56-28(2)51)21-31(52)11-17-42/h20,22,27,29,31-34,37,39-40,46,48,50,52-55H,3-9,11-15,17-19,21,23-26H2,1-2H3,(H3,45,47,49)/t27-,29+,31-,32+,33-,34-,37-,39+,42+,44+/m0/s1. The number of guanidine groups is 1. The molecule has 2 aliphatic carbocycles. The number of aliphatic imine (C=N–C) groups is 1. The second-order valence-corrected chi connectivity index (χ2v) is 21.1. The van der Waals surface area contributed by atoms with Crippen LogP contribution in [0.2, 0.25) is 0 Å². The number of piperidine rings is 2. The fourth-order valence-electron chi connectivity index (χ4n) is 10.8. The van der Waals surface area contributed by atoms with Crippen molar-refractivity contribution in [3.05, 3.63) is 23.3 Å². The summed E-state index contributed by atoms with van der Waals surface area (Å²) in [5.41, 5.74) is 5.87. The number of aromatic hydroxyl groups is 1.